The van der Waals surface area contributed by atoms with Crippen LogP contribution in [0.15, 0.2) is 42.5 Å². The Balaban J connectivity index is 1.74. The van der Waals surface area contributed by atoms with Crippen molar-refractivity contribution in [3.63, 3.8) is 0 Å². The predicted octanol–water partition coefficient (Wildman–Crippen LogP) is 1.59. The van der Waals surface area contributed by atoms with E-state index in [9.17, 15) is 24.5 Å². The molecule has 0 fully saturated rings. The van der Waals surface area contributed by atoms with Gasteiger partial charge in [-0.1, -0.05) is 12.1 Å². The Kier molecular flexibility index (Phi) is 3.89. The van der Waals surface area contributed by atoms with Crippen molar-refractivity contribution >= 4 is 29.2 Å². The Morgan fingerprint density at radius 1 is 1.12 bits per heavy atom. The standard InChI is InChI=1S/C16H11N3O6/c17-12-6-5-9(7-13(12)19(23)24)16(22)25-8-18-14(20)10-3-1-2-4-11(10)15(18)21/h1-7H,8,17H2. The number of rotatable bonds is 4. The van der Waals surface area contributed by atoms with Gasteiger partial charge in [-0.05, 0) is 24.3 Å². The lowest BCUT2D eigenvalue weighted by molar-refractivity contribution is -0.383. The van der Waals surface area contributed by atoms with Gasteiger partial charge < -0.3 is 10.5 Å². The first kappa shape index (κ1) is 16.1. The third-order valence-electron chi connectivity index (χ3n) is 3.67. The van der Waals surface area contributed by atoms with Gasteiger partial charge in [-0.25, -0.2) is 9.69 Å². The van der Waals surface area contributed by atoms with E-state index in [2.05, 4.69) is 0 Å². The van der Waals surface area contributed by atoms with Gasteiger partial charge in [0, 0.05) is 6.07 Å². The number of nitrogen functional groups attached to an aromatic ring is 1. The van der Waals surface area contributed by atoms with Gasteiger partial charge in [-0.3, -0.25) is 19.7 Å². The summed E-state index contributed by atoms with van der Waals surface area (Å²) >= 11 is 0. The van der Waals surface area contributed by atoms with E-state index in [-0.39, 0.29) is 22.4 Å². The molecule has 3 rings (SSSR count). The lowest BCUT2D eigenvalue weighted by atomic mass is 10.1. The number of hydrogen-bond donors (Lipinski definition) is 1. The molecule has 2 aromatic rings. The second kappa shape index (κ2) is 6.04. The minimum absolute atomic E-state index is 0.0955. The predicted molar refractivity (Wildman–Crippen MR) is 84.7 cm³/mol. The lowest BCUT2D eigenvalue weighted by Crippen LogP contribution is -2.33. The van der Waals surface area contributed by atoms with Gasteiger partial charge in [-0.2, -0.15) is 0 Å². The molecule has 0 radical (unpaired) electrons. The van der Waals surface area contributed by atoms with Crippen LogP contribution in [-0.4, -0.2) is 34.3 Å². The van der Waals surface area contributed by atoms with Gasteiger partial charge in [-0.15, -0.1) is 0 Å². The molecule has 0 spiro atoms. The molecule has 2 amide bonds. The summed E-state index contributed by atoms with van der Waals surface area (Å²) in [5, 5.41) is 10.9. The number of nitro groups is 1. The van der Waals surface area contributed by atoms with Gasteiger partial charge in [0.2, 0.25) is 0 Å². The zero-order valence-electron chi connectivity index (χ0n) is 12.7. The smallest absolute Gasteiger partial charge is 0.340 e. The number of benzene rings is 2. The average Bonchev–Trinajstić information content (AvgIpc) is 2.84. The maximum Gasteiger partial charge on any atom is 0.340 e. The first-order valence-electron chi connectivity index (χ1n) is 7.06. The summed E-state index contributed by atoms with van der Waals surface area (Å²) in [7, 11) is 0. The van der Waals surface area contributed by atoms with Crippen LogP contribution in [0.25, 0.3) is 0 Å². The number of nitro benzene ring substituents is 1. The van der Waals surface area contributed by atoms with Crippen molar-refractivity contribution in [1.82, 2.24) is 4.90 Å². The van der Waals surface area contributed by atoms with Crippen molar-refractivity contribution in [3.8, 4) is 0 Å². The topological polar surface area (TPSA) is 133 Å². The first-order valence-corrected chi connectivity index (χ1v) is 7.06. The quantitative estimate of drug-likeness (QED) is 0.293. The van der Waals surface area contributed by atoms with Crippen LogP contribution >= 0.6 is 0 Å². The van der Waals surface area contributed by atoms with E-state index in [0.717, 1.165) is 11.0 Å². The van der Waals surface area contributed by atoms with Gasteiger partial charge in [0.1, 0.15) is 5.69 Å². The summed E-state index contributed by atoms with van der Waals surface area (Å²) < 4.78 is 4.94. The fourth-order valence-corrected chi connectivity index (χ4v) is 2.39. The highest BCUT2D eigenvalue weighted by Crippen LogP contribution is 2.24. The molecule has 1 aliphatic heterocycles. The van der Waals surface area contributed by atoms with Crippen molar-refractivity contribution in [1.29, 1.82) is 0 Å². The van der Waals surface area contributed by atoms with E-state index in [1.165, 1.54) is 24.3 Å². The van der Waals surface area contributed by atoms with Gasteiger partial charge in [0.05, 0.1) is 21.6 Å². The summed E-state index contributed by atoms with van der Waals surface area (Å²) in [6.07, 6.45) is 0. The van der Waals surface area contributed by atoms with Crippen LogP contribution in [0, 0.1) is 10.1 Å². The van der Waals surface area contributed by atoms with Crippen LogP contribution in [0.5, 0.6) is 0 Å². The van der Waals surface area contributed by atoms with Gasteiger partial charge >= 0.3 is 5.97 Å². The van der Waals surface area contributed by atoms with Crippen LogP contribution < -0.4 is 5.73 Å². The first-order chi connectivity index (χ1) is 11.9. The highest BCUT2D eigenvalue weighted by atomic mass is 16.6. The van der Waals surface area contributed by atoms with Gasteiger partial charge in [0.15, 0.2) is 6.73 Å². The summed E-state index contributed by atoms with van der Waals surface area (Å²) in [6, 6.07) is 9.67. The fourth-order valence-electron chi connectivity index (χ4n) is 2.39. The molecule has 0 atom stereocenters. The van der Waals surface area contributed by atoms with E-state index in [1.807, 2.05) is 0 Å². The highest BCUT2D eigenvalue weighted by molar-refractivity contribution is 6.21. The van der Waals surface area contributed by atoms with E-state index in [0.29, 0.717) is 0 Å². The normalized spacial score (nSPS) is 12.9. The Morgan fingerprint density at radius 3 is 2.28 bits per heavy atom. The molecule has 0 saturated heterocycles. The van der Waals surface area contributed by atoms with Crippen LogP contribution in [0.2, 0.25) is 0 Å². The SMILES string of the molecule is Nc1ccc(C(=O)OCN2C(=O)c3ccccc3C2=O)cc1[N+](=O)[O-]. The molecule has 2 N–H and O–H groups in total. The number of nitrogens with zero attached hydrogens (tertiary/aromatic N) is 2. The van der Waals surface area contributed by atoms with E-state index < -0.39 is 35.1 Å². The van der Waals surface area contributed by atoms with Crippen molar-refractivity contribution < 1.29 is 24.0 Å². The van der Waals surface area contributed by atoms with Crippen molar-refractivity contribution in [2.75, 3.05) is 12.5 Å². The third-order valence-corrected chi connectivity index (χ3v) is 3.67. The summed E-state index contributed by atoms with van der Waals surface area (Å²) in [5.74, 6) is -2.06. The van der Waals surface area contributed by atoms with Gasteiger partial charge in [0.25, 0.3) is 17.5 Å². The Labute approximate surface area is 140 Å². The molecule has 2 aromatic carbocycles. The summed E-state index contributed by atoms with van der Waals surface area (Å²) in [6.45, 7) is -0.594. The number of hydrogen-bond acceptors (Lipinski definition) is 7. The zero-order chi connectivity index (χ0) is 18.1. The van der Waals surface area contributed by atoms with Crippen LogP contribution in [-0.2, 0) is 4.74 Å². The molecular formula is C16H11N3O6. The molecule has 1 heterocycles. The summed E-state index contributed by atoms with van der Waals surface area (Å²) in [5.41, 5.74) is 5.27. The Morgan fingerprint density at radius 2 is 1.72 bits per heavy atom. The van der Waals surface area contributed by atoms with Crippen LogP contribution in [0.3, 0.4) is 0 Å². The second-order valence-electron chi connectivity index (χ2n) is 5.18. The monoisotopic (exact) mass is 341 g/mol. The van der Waals surface area contributed by atoms with Crippen LogP contribution in [0.1, 0.15) is 31.1 Å². The Bertz CT molecular complexity index is 889. The molecule has 126 valence electrons. The molecule has 9 heteroatoms. The number of nitrogens with two attached hydrogens (primary N) is 1. The van der Waals surface area contributed by atoms with E-state index in [4.69, 9.17) is 10.5 Å². The molecule has 9 nitrogen and oxygen atoms in total. The third kappa shape index (κ3) is 2.78. The largest absolute Gasteiger partial charge is 0.440 e. The second-order valence-corrected chi connectivity index (χ2v) is 5.18. The number of fused-ring (bicyclic) bond motifs is 1. The van der Waals surface area contributed by atoms with Crippen molar-refractivity contribution in [2.24, 2.45) is 0 Å². The van der Waals surface area contributed by atoms with Crippen molar-refractivity contribution in [3.05, 3.63) is 69.3 Å². The molecular weight excluding hydrogens is 330 g/mol. The number of carbonyl (C=O) groups excluding carboxylic acids is 3. The molecule has 25 heavy (non-hydrogen) atoms. The molecule has 0 saturated carbocycles. The zero-order valence-corrected chi connectivity index (χ0v) is 12.7. The molecule has 0 unspecified atom stereocenters. The number of imide groups is 1. The number of esters is 1. The average molecular weight is 341 g/mol. The summed E-state index contributed by atoms with van der Waals surface area (Å²) in [4.78, 5) is 47.3. The Hall–Kier alpha value is -3.75. The maximum atomic E-state index is 12.2. The van der Waals surface area contributed by atoms with Crippen molar-refractivity contribution in [2.45, 2.75) is 0 Å². The number of carbonyl (C=O) groups is 3. The van der Waals surface area contributed by atoms with E-state index in [1.54, 1.807) is 12.1 Å². The number of amides is 2. The minimum atomic E-state index is -0.917. The van der Waals surface area contributed by atoms with E-state index >= 15 is 0 Å². The number of anilines is 1. The number of ether oxygens (including phenoxy) is 1. The minimum Gasteiger partial charge on any atom is -0.440 e. The molecule has 0 aromatic heterocycles. The molecule has 1 aliphatic rings. The molecule has 0 aliphatic carbocycles. The highest BCUT2D eigenvalue weighted by Gasteiger charge is 2.35. The maximum absolute atomic E-state index is 12.2. The fraction of sp³-hybridized carbons (Fsp3) is 0.0625. The molecule has 0 bridgehead atoms. The lowest BCUT2D eigenvalue weighted by Gasteiger charge is -2.14. The van der Waals surface area contributed by atoms with Crippen LogP contribution in [0.4, 0.5) is 11.4 Å².